The molecule has 1 atom stereocenters. The summed E-state index contributed by atoms with van der Waals surface area (Å²) in [5.74, 6) is 0.529. The molecule has 0 spiro atoms. The summed E-state index contributed by atoms with van der Waals surface area (Å²) in [5, 5.41) is 11.5. The Morgan fingerprint density at radius 3 is 2.59 bits per heavy atom. The molecule has 0 amide bonds. The van der Waals surface area contributed by atoms with Crippen LogP contribution in [0.5, 0.6) is 0 Å². The summed E-state index contributed by atoms with van der Waals surface area (Å²) in [5.41, 5.74) is -0.669. The molecular formula is C12H12Cl2N2O. The van der Waals surface area contributed by atoms with Crippen molar-refractivity contribution in [1.29, 1.82) is 0 Å². The molecule has 5 heteroatoms. The van der Waals surface area contributed by atoms with Gasteiger partial charge in [0.1, 0.15) is 11.4 Å². The minimum absolute atomic E-state index is 0.422. The number of nitrogens with zero attached hydrogens (tertiary/aromatic N) is 2. The Hall–Kier alpha value is -1.03. The van der Waals surface area contributed by atoms with Gasteiger partial charge in [-0.1, -0.05) is 29.3 Å². The van der Waals surface area contributed by atoms with E-state index in [1.54, 1.807) is 42.1 Å². The van der Waals surface area contributed by atoms with Gasteiger partial charge in [0.25, 0.3) is 0 Å². The summed E-state index contributed by atoms with van der Waals surface area (Å²) < 4.78 is 1.75. The lowest BCUT2D eigenvalue weighted by molar-refractivity contribution is 0.0893. The Labute approximate surface area is 110 Å². The van der Waals surface area contributed by atoms with Gasteiger partial charge in [-0.25, -0.2) is 4.98 Å². The molecule has 0 saturated heterocycles. The van der Waals surface area contributed by atoms with Crippen LogP contribution in [-0.2, 0) is 12.6 Å². The fourth-order valence-electron chi connectivity index (χ4n) is 1.84. The van der Waals surface area contributed by atoms with Crippen LogP contribution in [0.15, 0.2) is 30.6 Å². The second kappa shape index (κ2) is 4.33. The Morgan fingerprint density at radius 1 is 1.35 bits per heavy atom. The molecule has 1 N–H and O–H groups in total. The van der Waals surface area contributed by atoms with Gasteiger partial charge in [-0.2, -0.15) is 0 Å². The molecule has 0 saturated carbocycles. The van der Waals surface area contributed by atoms with Crippen molar-refractivity contribution in [3.63, 3.8) is 0 Å². The number of imidazole rings is 1. The molecule has 2 rings (SSSR count). The summed E-state index contributed by atoms with van der Waals surface area (Å²) in [6.45, 7) is 1.66. The number of rotatable bonds is 2. The summed E-state index contributed by atoms with van der Waals surface area (Å²) in [7, 11) is 1.82. The van der Waals surface area contributed by atoms with Crippen LogP contribution in [0.2, 0.25) is 10.0 Å². The van der Waals surface area contributed by atoms with Crippen molar-refractivity contribution in [2.45, 2.75) is 12.5 Å². The van der Waals surface area contributed by atoms with Crippen molar-refractivity contribution in [3.05, 3.63) is 52.0 Å². The fourth-order valence-corrected chi connectivity index (χ4v) is 2.43. The van der Waals surface area contributed by atoms with Gasteiger partial charge in [-0.3, -0.25) is 0 Å². The van der Waals surface area contributed by atoms with Gasteiger partial charge in [0.05, 0.1) is 0 Å². The minimum atomic E-state index is -1.25. The Kier molecular flexibility index (Phi) is 3.17. The van der Waals surface area contributed by atoms with E-state index < -0.39 is 5.60 Å². The molecule has 1 heterocycles. The summed E-state index contributed by atoms with van der Waals surface area (Å²) in [4.78, 5) is 4.15. The molecule has 0 aliphatic carbocycles. The quantitative estimate of drug-likeness (QED) is 0.911. The maximum atomic E-state index is 10.6. The fraction of sp³-hybridized carbons (Fsp3) is 0.250. The maximum absolute atomic E-state index is 10.6. The predicted molar refractivity (Wildman–Crippen MR) is 68.3 cm³/mol. The molecule has 90 valence electrons. The Morgan fingerprint density at radius 2 is 2.06 bits per heavy atom. The average Bonchev–Trinajstić information content (AvgIpc) is 2.64. The van der Waals surface area contributed by atoms with Gasteiger partial charge >= 0.3 is 0 Å². The average molecular weight is 271 g/mol. The number of aromatic nitrogens is 2. The molecule has 0 aliphatic rings. The summed E-state index contributed by atoms with van der Waals surface area (Å²) in [6, 6.07) is 5.01. The van der Waals surface area contributed by atoms with Gasteiger partial charge in [-0.05, 0) is 19.1 Å². The molecule has 17 heavy (non-hydrogen) atoms. The third-order valence-corrected chi connectivity index (χ3v) is 3.26. The highest BCUT2D eigenvalue weighted by molar-refractivity contribution is 6.35. The van der Waals surface area contributed by atoms with Crippen molar-refractivity contribution in [1.82, 2.24) is 9.55 Å². The molecule has 0 aliphatic heterocycles. The molecule has 3 nitrogen and oxygen atoms in total. The van der Waals surface area contributed by atoms with Crippen LogP contribution in [0, 0.1) is 0 Å². The molecule has 2 aromatic rings. The summed E-state index contributed by atoms with van der Waals surface area (Å²) >= 11 is 11.9. The highest BCUT2D eigenvalue weighted by Crippen LogP contribution is 2.34. The lowest BCUT2D eigenvalue weighted by Gasteiger charge is -2.24. The SMILES string of the molecule is Cn1ccnc1C(C)(O)c1ccc(Cl)cc1Cl. The zero-order valence-electron chi connectivity index (χ0n) is 9.48. The van der Waals surface area contributed by atoms with E-state index in [-0.39, 0.29) is 0 Å². The van der Waals surface area contributed by atoms with Gasteiger partial charge in [0, 0.05) is 35.1 Å². The second-order valence-electron chi connectivity index (χ2n) is 4.06. The van der Waals surface area contributed by atoms with Crippen LogP contribution < -0.4 is 0 Å². The smallest absolute Gasteiger partial charge is 0.146 e. The van der Waals surface area contributed by atoms with Crippen LogP contribution in [-0.4, -0.2) is 14.7 Å². The van der Waals surface area contributed by atoms with Gasteiger partial charge in [-0.15, -0.1) is 0 Å². The second-order valence-corrected chi connectivity index (χ2v) is 4.90. The molecular weight excluding hydrogens is 259 g/mol. The summed E-state index contributed by atoms with van der Waals surface area (Å²) in [6.07, 6.45) is 3.40. The van der Waals surface area contributed by atoms with Crippen LogP contribution in [0.4, 0.5) is 0 Å². The molecule has 1 aromatic heterocycles. The number of aryl methyl sites for hydroxylation is 1. The van der Waals surface area contributed by atoms with Crippen LogP contribution in [0.3, 0.4) is 0 Å². The zero-order valence-corrected chi connectivity index (χ0v) is 11.0. The van der Waals surface area contributed by atoms with E-state index in [1.807, 2.05) is 7.05 Å². The Balaban J connectivity index is 2.55. The van der Waals surface area contributed by atoms with Crippen molar-refractivity contribution < 1.29 is 5.11 Å². The first-order valence-electron chi connectivity index (χ1n) is 5.08. The normalized spacial score (nSPS) is 14.6. The maximum Gasteiger partial charge on any atom is 0.146 e. The zero-order chi connectivity index (χ0) is 12.6. The number of aliphatic hydroxyl groups is 1. The molecule has 0 bridgehead atoms. The van der Waals surface area contributed by atoms with E-state index in [2.05, 4.69) is 4.98 Å². The first kappa shape index (κ1) is 12.4. The molecule has 0 fully saturated rings. The lowest BCUT2D eigenvalue weighted by atomic mass is 9.95. The third kappa shape index (κ3) is 2.18. The van der Waals surface area contributed by atoms with Gasteiger partial charge < -0.3 is 9.67 Å². The lowest BCUT2D eigenvalue weighted by Crippen LogP contribution is -2.27. The minimum Gasteiger partial charge on any atom is -0.377 e. The topological polar surface area (TPSA) is 38.0 Å². The highest BCUT2D eigenvalue weighted by Gasteiger charge is 2.31. The van der Waals surface area contributed by atoms with Gasteiger partial charge in [0.2, 0.25) is 0 Å². The van der Waals surface area contributed by atoms with E-state index in [9.17, 15) is 5.11 Å². The number of hydrogen-bond donors (Lipinski definition) is 1. The largest absolute Gasteiger partial charge is 0.377 e. The number of benzene rings is 1. The van der Waals surface area contributed by atoms with Crippen LogP contribution >= 0.6 is 23.2 Å². The van der Waals surface area contributed by atoms with Crippen LogP contribution in [0.1, 0.15) is 18.3 Å². The molecule has 0 radical (unpaired) electrons. The van der Waals surface area contributed by atoms with E-state index in [0.717, 1.165) is 0 Å². The molecule has 1 unspecified atom stereocenters. The van der Waals surface area contributed by atoms with Gasteiger partial charge in [0.15, 0.2) is 0 Å². The van der Waals surface area contributed by atoms with Crippen LogP contribution in [0.25, 0.3) is 0 Å². The first-order chi connectivity index (χ1) is 7.93. The van der Waals surface area contributed by atoms with E-state index in [4.69, 9.17) is 23.2 Å². The van der Waals surface area contributed by atoms with Crippen molar-refractivity contribution in [2.24, 2.45) is 7.05 Å². The highest BCUT2D eigenvalue weighted by atomic mass is 35.5. The first-order valence-corrected chi connectivity index (χ1v) is 5.84. The van der Waals surface area contributed by atoms with Crippen molar-refractivity contribution in [3.8, 4) is 0 Å². The van der Waals surface area contributed by atoms with Crippen molar-refractivity contribution >= 4 is 23.2 Å². The predicted octanol–water partition coefficient (Wildman–Crippen LogP) is 2.98. The monoisotopic (exact) mass is 270 g/mol. The van der Waals surface area contributed by atoms with E-state index in [0.29, 0.717) is 21.4 Å². The Bertz CT molecular complexity index is 549. The number of halogens is 2. The van der Waals surface area contributed by atoms with Crippen molar-refractivity contribution in [2.75, 3.05) is 0 Å². The standard InChI is InChI=1S/C12H12Cl2N2O/c1-12(17,11-15-5-6-16(11)2)9-4-3-8(13)7-10(9)14/h3-7,17H,1-2H3. The van der Waals surface area contributed by atoms with E-state index in [1.165, 1.54) is 0 Å². The molecule has 1 aromatic carbocycles. The third-order valence-electron chi connectivity index (χ3n) is 2.71. The number of hydrogen-bond acceptors (Lipinski definition) is 2. The van der Waals surface area contributed by atoms with E-state index >= 15 is 0 Å².